The molecule has 0 saturated heterocycles. The van der Waals surface area contributed by atoms with E-state index in [-0.39, 0.29) is 28.3 Å². The predicted octanol–water partition coefficient (Wildman–Crippen LogP) is 2.86. The van der Waals surface area contributed by atoms with Crippen LogP contribution in [0.15, 0.2) is 15.4 Å². The van der Waals surface area contributed by atoms with Crippen molar-refractivity contribution in [3.63, 3.8) is 0 Å². The molecule has 20 heavy (non-hydrogen) atoms. The minimum Gasteiger partial charge on any atom is -0.395 e. The number of nitrogens with zero attached hydrogens (tertiary/aromatic N) is 1. The van der Waals surface area contributed by atoms with Crippen molar-refractivity contribution in [2.24, 2.45) is 0 Å². The van der Waals surface area contributed by atoms with Gasteiger partial charge in [-0.1, -0.05) is 24.4 Å². The molecule has 110 valence electrons. The quantitative estimate of drug-likeness (QED) is 0.483. The normalized spacial score (nSPS) is 11.6. The summed E-state index contributed by atoms with van der Waals surface area (Å²) >= 11 is 8.83. The van der Waals surface area contributed by atoms with Crippen LogP contribution in [-0.4, -0.2) is 25.8 Å². The van der Waals surface area contributed by atoms with Crippen molar-refractivity contribution >= 4 is 43.2 Å². The summed E-state index contributed by atoms with van der Waals surface area (Å²) in [6, 6.07) is 1.02. The van der Waals surface area contributed by atoms with Crippen LogP contribution in [0.3, 0.4) is 0 Å². The average Bonchev–Trinajstić information content (AvgIpc) is 2.40. The van der Waals surface area contributed by atoms with Gasteiger partial charge in [-0.05, 0) is 28.4 Å². The van der Waals surface area contributed by atoms with Gasteiger partial charge in [0, 0.05) is 6.54 Å². The molecule has 0 aliphatic carbocycles. The number of nitrogens with two attached hydrogens (primary N) is 1. The number of hydrogen-bond donors (Lipinski definition) is 1. The van der Waals surface area contributed by atoms with Crippen molar-refractivity contribution < 1.29 is 12.8 Å². The van der Waals surface area contributed by atoms with Gasteiger partial charge in [-0.2, -0.15) is 4.31 Å². The summed E-state index contributed by atoms with van der Waals surface area (Å²) in [5.41, 5.74) is 5.15. The second-order valence-corrected chi connectivity index (χ2v) is 7.05. The van der Waals surface area contributed by atoms with E-state index in [0.29, 0.717) is 6.42 Å². The van der Waals surface area contributed by atoms with Crippen molar-refractivity contribution in [2.75, 3.05) is 18.8 Å². The van der Waals surface area contributed by atoms with Crippen LogP contribution in [-0.2, 0) is 10.0 Å². The van der Waals surface area contributed by atoms with Crippen molar-refractivity contribution in [1.82, 2.24) is 4.31 Å². The highest BCUT2D eigenvalue weighted by Crippen LogP contribution is 2.35. The second-order valence-electron chi connectivity index (χ2n) is 3.94. The lowest BCUT2D eigenvalue weighted by atomic mass is 10.3. The van der Waals surface area contributed by atoms with Crippen LogP contribution in [0.25, 0.3) is 0 Å². The Morgan fingerprint density at radius 3 is 2.70 bits per heavy atom. The summed E-state index contributed by atoms with van der Waals surface area (Å²) < 4.78 is 40.1. The van der Waals surface area contributed by atoms with E-state index in [1.807, 2.05) is 0 Å². The summed E-state index contributed by atoms with van der Waals surface area (Å²) in [5, 5.41) is 0.0135. The zero-order valence-corrected chi connectivity index (χ0v) is 13.8. The van der Waals surface area contributed by atoms with E-state index in [1.54, 1.807) is 6.92 Å². The lowest BCUT2D eigenvalue weighted by Crippen LogP contribution is -2.33. The van der Waals surface area contributed by atoms with E-state index in [1.165, 1.54) is 0 Å². The first-order chi connectivity index (χ1) is 9.27. The maximum Gasteiger partial charge on any atom is 0.246 e. The minimum absolute atomic E-state index is 0.0135. The molecular formula is C12H13BrClFN2O2S. The zero-order valence-electron chi connectivity index (χ0n) is 10.7. The van der Waals surface area contributed by atoms with Gasteiger partial charge in [-0.3, -0.25) is 0 Å². The van der Waals surface area contributed by atoms with Crippen molar-refractivity contribution in [1.29, 1.82) is 0 Å². The van der Waals surface area contributed by atoms with Crippen LogP contribution in [0.1, 0.15) is 13.3 Å². The lowest BCUT2D eigenvalue weighted by Gasteiger charge is -2.20. The number of rotatable bonds is 5. The van der Waals surface area contributed by atoms with Gasteiger partial charge in [0.15, 0.2) is 5.82 Å². The van der Waals surface area contributed by atoms with E-state index in [4.69, 9.17) is 23.8 Å². The molecule has 1 aromatic rings. The van der Waals surface area contributed by atoms with Gasteiger partial charge < -0.3 is 5.73 Å². The molecule has 0 unspecified atom stereocenters. The number of sulfonamides is 1. The van der Waals surface area contributed by atoms with Crippen molar-refractivity contribution in [3.05, 3.63) is 21.4 Å². The first-order valence-corrected chi connectivity index (χ1v) is 8.25. The van der Waals surface area contributed by atoms with Crippen LogP contribution in [0, 0.1) is 18.2 Å². The summed E-state index contributed by atoms with van der Waals surface area (Å²) in [7, 11) is -4.09. The van der Waals surface area contributed by atoms with Gasteiger partial charge in [0.1, 0.15) is 4.90 Å². The molecule has 0 bridgehead atoms. The van der Waals surface area contributed by atoms with Gasteiger partial charge in [0.2, 0.25) is 10.0 Å². The molecule has 0 spiro atoms. The fraction of sp³-hybridized carbons (Fsp3) is 0.333. The molecule has 0 amide bonds. The first-order valence-electron chi connectivity index (χ1n) is 5.63. The number of terminal acetylenes is 1. The third kappa shape index (κ3) is 3.26. The molecule has 4 nitrogen and oxygen atoms in total. The molecule has 0 aromatic heterocycles. The van der Waals surface area contributed by atoms with Gasteiger partial charge >= 0.3 is 0 Å². The Kier molecular flexibility index (Phi) is 5.83. The average molecular weight is 384 g/mol. The Morgan fingerprint density at radius 2 is 2.20 bits per heavy atom. The van der Waals surface area contributed by atoms with Crippen LogP contribution in [0.2, 0.25) is 5.02 Å². The number of nitrogen functional groups attached to an aromatic ring is 1. The molecule has 0 aliphatic rings. The number of anilines is 1. The Hall–Kier alpha value is -0.810. The predicted molar refractivity (Wildman–Crippen MR) is 81.4 cm³/mol. The van der Waals surface area contributed by atoms with Crippen molar-refractivity contribution in [2.45, 2.75) is 18.2 Å². The van der Waals surface area contributed by atoms with Crippen molar-refractivity contribution in [3.8, 4) is 12.3 Å². The van der Waals surface area contributed by atoms with E-state index in [0.717, 1.165) is 10.4 Å². The Balaban J connectivity index is 3.46. The Morgan fingerprint density at radius 1 is 1.60 bits per heavy atom. The SMILES string of the molecule is C#CCN(CCC)S(=O)(=O)c1cc(Cl)c(Br)c(N)c1F. The molecule has 8 heteroatoms. The summed E-state index contributed by atoms with van der Waals surface area (Å²) in [6.45, 7) is 1.82. The topological polar surface area (TPSA) is 63.4 Å². The number of hydrogen-bond acceptors (Lipinski definition) is 3. The highest BCUT2D eigenvalue weighted by molar-refractivity contribution is 9.10. The van der Waals surface area contributed by atoms with E-state index >= 15 is 0 Å². The first kappa shape index (κ1) is 17.2. The zero-order chi connectivity index (χ0) is 15.5. The Labute approximate surface area is 131 Å². The number of benzene rings is 1. The summed E-state index contributed by atoms with van der Waals surface area (Å²) in [6.07, 6.45) is 5.69. The van der Waals surface area contributed by atoms with Gasteiger partial charge in [0.05, 0.1) is 21.7 Å². The smallest absolute Gasteiger partial charge is 0.246 e. The van der Waals surface area contributed by atoms with Gasteiger partial charge in [0.25, 0.3) is 0 Å². The highest BCUT2D eigenvalue weighted by atomic mass is 79.9. The van der Waals surface area contributed by atoms with Crippen LogP contribution >= 0.6 is 27.5 Å². The lowest BCUT2D eigenvalue weighted by molar-refractivity contribution is 0.440. The fourth-order valence-electron chi connectivity index (χ4n) is 1.56. The Bertz CT molecular complexity index is 658. The standard InChI is InChI=1S/C12H13BrClFN2O2S/c1-3-5-17(6-4-2)20(18,19)9-7-8(14)10(13)12(16)11(9)15/h1,7H,4-6,16H2,2H3. The van der Waals surface area contributed by atoms with Gasteiger partial charge in [-0.15, -0.1) is 6.42 Å². The van der Waals surface area contributed by atoms with Gasteiger partial charge in [-0.25, -0.2) is 12.8 Å². The molecule has 0 radical (unpaired) electrons. The molecule has 2 N–H and O–H groups in total. The maximum atomic E-state index is 14.1. The van der Waals surface area contributed by atoms with E-state index < -0.39 is 20.7 Å². The highest BCUT2D eigenvalue weighted by Gasteiger charge is 2.29. The minimum atomic E-state index is -4.09. The maximum absolute atomic E-state index is 14.1. The molecule has 0 heterocycles. The van der Waals surface area contributed by atoms with E-state index in [2.05, 4.69) is 21.9 Å². The molecule has 0 saturated carbocycles. The molecule has 0 fully saturated rings. The monoisotopic (exact) mass is 382 g/mol. The third-order valence-electron chi connectivity index (χ3n) is 2.52. The molecule has 1 aromatic carbocycles. The van der Waals surface area contributed by atoms with Crippen LogP contribution < -0.4 is 5.73 Å². The van der Waals surface area contributed by atoms with Crippen LogP contribution in [0.4, 0.5) is 10.1 Å². The largest absolute Gasteiger partial charge is 0.395 e. The molecule has 0 aliphatic heterocycles. The molecular weight excluding hydrogens is 371 g/mol. The number of halogens is 3. The molecule has 1 rings (SSSR count). The van der Waals surface area contributed by atoms with Crippen LogP contribution in [0.5, 0.6) is 0 Å². The summed E-state index contributed by atoms with van der Waals surface area (Å²) in [4.78, 5) is -0.577. The fourth-order valence-corrected chi connectivity index (χ4v) is 3.67. The third-order valence-corrected chi connectivity index (χ3v) is 5.74. The second kappa shape index (κ2) is 6.76. The van der Waals surface area contributed by atoms with E-state index in [9.17, 15) is 12.8 Å². The summed E-state index contributed by atoms with van der Waals surface area (Å²) in [5.74, 6) is 1.20. The molecule has 0 atom stereocenters.